The number of nitrogens with one attached hydrogen (secondary N) is 2. The summed E-state index contributed by atoms with van der Waals surface area (Å²) in [5.41, 5.74) is 4.14. The minimum atomic E-state index is -1.23. The van der Waals surface area contributed by atoms with Crippen molar-refractivity contribution >= 4 is 58.5 Å². The maximum absolute atomic E-state index is 13.3. The Balaban J connectivity index is 1.23. The van der Waals surface area contributed by atoms with Gasteiger partial charge in [-0.3, -0.25) is 14.4 Å². The number of Topliss-reactive ketones (excluding diaryl/α,β-unsaturated/α-hetero) is 1. The number of rotatable bonds is 8. The van der Waals surface area contributed by atoms with Gasteiger partial charge in [-0.25, -0.2) is 4.79 Å². The second-order valence-electron chi connectivity index (χ2n) is 10.5. The predicted molar refractivity (Wildman–Crippen MR) is 160 cm³/mol. The van der Waals surface area contributed by atoms with E-state index in [0.717, 1.165) is 18.4 Å². The fraction of sp³-hybridized carbons (Fsp3) is 0.290. The molecule has 218 valence electrons. The standard InChI is InChI=1S/C31H28Cl3N3O5/c32-21-6-3-5-18(12-21)29(39)37-11-10-23-20(16-37)13-24(33)27(28(23)34)26(38)14-19(30(40)41)15-35-31(42)36-25-9-8-17-4-1-2-7-22(17)25/h1-7,12-13,19,25H,8-11,14-16H2,(H,40,41)(H2,35,36,42)/t19-,25+/m0/s1. The lowest BCUT2D eigenvalue weighted by Gasteiger charge is -2.30. The van der Waals surface area contributed by atoms with Gasteiger partial charge in [-0.2, -0.15) is 0 Å². The number of amides is 3. The van der Waals surface area contributed by atoms with Crippen molar-refractivity contribution in [1.29, 1.82) is 0 Å². The van der Waals surface area contributed by atoms with Gasteiger partial charge in [0.05, 0.1) is 27.6 Å². The molecule has 3 amide bonds. The van der Waals surface area contributed by atoms with Crippen LogP contribution in [0.2, 0.25) is 15.1 Å². The molecule has 0 aromatic heterocycles. The van der Waals surface area contributed by atoms with Crippen LogP contribution in [0, 0.1) is 5.92 Å². The number of hydrogen-bond donors (Lipinski definition) is 3. The SMILES string of the molecule is O=C(NC[C@H](CC(=O)c1c(Cl)cc2c(c1Cl)CCN(C(=O)c1cccc(Cl)c1)C2)C(=O)O)N[C@@H]1CCc2ccccc21. The Morgan fingerprint density at radius 1 is 0.976 bits per heavy atom. The summed E-state index contributed by atoms with van der Waals surface area (Å²) >= 11 is 19.2. The number of carbonyl (C=O) groups excluding carboxylic acids is 3. The maximum Gasteiger partial charge on any atom is 0.315 e. The zero-order chi connectivity index (χ0) is 30.0. The van der Waals surface area contributed by atoms with Crippen molar-refractivity contribution in [2.45, 2.75) is 38.3 Å². The summed E-state index contributed by atoms with van der Waals surface area (Å²) in [6, 6.07) is 15.5. The van der Waals surface area contributed by atoms with Crippen LogP contribution >= 0.6 is 34.8 Å². The summed E-state index contributed by atoms with van der Waals surface area (Å²) in [5, 5.41) is 16.0. The molecule has 0 bridgehead atoms. The van der Waals surface area contributed by atoms with Crippen LogP contribution in [0.15, 0.2) is 54.6 Å². The molecule has 0 saturated heterocycles. The molecule has 11 heteroatoms. The lowest BCUT2D eigenvalue weighted by molar-refractivity contribution is -0.141. The van der Waals surface area contributed by atoms with Gasteiger partial charge in [0, 0.05) is 36.6 Å². The average Bonchev–Trinajstić information content (AvgIpc) is 3.36. The summed E-state index contributed by atoms with van der Waals surface area (Å²) in [7, 11) is 0. The van der Waals surface area contributed by atoms with Crippen molar-refractivity contribution in [3.63, 3.8) is 0 Å². The highest BCUT2D eigenvalue weighted by Crippen LogP contribution is 2.36. The fourth-order valence-corrected chi connectivity index (χ4v) is 6.58. The highest BCUT2D eigenvalue weighted by molar-refractivity contribution is 6.40. The third-order valence-electron chi connectivity index (χ3n) is 7.77. The van der Waals surface area contributed by atoms with Crippen LogP contribution in [-0.2, 0) is 24.2 Å². The number of aliphatic carboxylic acids is 1. The molecule has 3 aromatic rings. The van der Waals surface area contributed by atoms with Crippen molar-refractivity contribution in [1.82, 2.24) is 15.5 Å². The van der Waals surface area contributed by atoms with Crippen molar-refractivity contribution in [2.24, 2.45) is 5.92 Å². The molecule has 3 aromatic carbocycles. The van der Waals surface area contributed by atoms with Gasteiger partial charge in [-0.15, -0.1) is 0 Å². The highest BCUT2D eigenvalue weighted by Gasteiger charge is 2.31. The Morgan fingerprint density at radius 3 is 2.52 bits per heavy atom. The van der Waals surface area contributed by atoms with Gasteiger partial charge in [0.1, 0.15) is 0 Å². The molecule has 3 N–H and O–H groups in total. The van der Waals surface area contributed by atoms with Crippen molar-refractivity contribution in [3.8, 4) is 0 Å². The minimum Gasteiger partial charge on any atom is -0.481 e. The number of fused-ring (bicyclic) bond motifs is 2. The Bertz CT molecular complexity index is 1580. The van der Waals surface area contributed by atoms with Crippen LogP contribution in [-0.4, -0.2) is 46.8 Å². The Hall–Kier alpha value is -3.59. The molecule has 1 aliphatic carbocycles. The minimum absolute atomic E-state index is 0.0463. The number of halogens is 3. The number of carboxylic acids is 1. The Morgan fingerprint density at radius 2 is 1.76 bits per heavy atom. The molecule has 42 heavy (non-hydrogen) atoms. The summed E-state index contributed by atoms with van der Waals surface area (Å²) in [6.45, 7) is 0.369. The van der Waals surface area contributed by atoms with E-state index in [9.17, 15) is 24.3 Å². The third-order valence-corrected chi connectivity index (χ3v) is 8.72. The number of nitrogens with zero attached hydrogens (tertiary/aromatic N) is 1. The topological polar surface area (TPSA) is 116 Å². The number of benzene rings is 3. The second kappa shape index (κ2) is 12.7. The first-order valence-corrected chi connectivity index (χ1v) is 14.7. The molecule has 8 nitrogen and oxygen atoms in total. The van der Waals surface area contributed by atoms with E-state index in [1.807, 2.05) is 24.3 Å². The molecular formula is C31H28Cl3N3O5. The molecule has 0 fully saturated rings. The Kier molecular flexibility index (Phi) is 9.06. The van der Waals surface area contributed by atoms with Gasteiger partial charge in [0.15, 0.2) is 5.78 Å². The molecular weight excluding hydrogens is 601 g/mol. The first-order valence-electron chi connectivity index (χ1n) is 13.5. The largest absolute Gasteiger partial charge is 0.481 e. The number of urea groups is 1. The summed E-state index contributed by atoms with van der Waals surface area (Å²) in [6.07, 6.45) is 1.60. The van der Waals surface area contributed by atoms with Crippen molar-refractivity contribution in [2.75, 3.05) is 13.1 Å². The highest BCUT2D eigenvalue weighted by atomic mass is 35.5. The molecule has 0 radical (unpaired) electrons. The number of aryl methyl sites for hydroxylation is 1. The van der Waals surface area contributed by atoms with Crippen molar-refractivity contribution < 1.29 is 24.3 Å². The van der Waals surface area contributed by atoms with Crippen LogP contribution in [0.1, 0.15) is 61.9 Å². The quantitative estimate of drug-likeness (QED) is 0.261. The molecule has 0 spiro atoms. The smallest absolute Gasteiger partial charge is 0.315 e. The van der Waals surface area contributed by atoms with Gasteiger partial charge in [-0.1, -0.05) is 65.1 Å². The number of carboxylic acid groups (broad SMARTS) is 1. The van der Waals surface area contributed by atoms with Crippen LogP contribution in [0.5, 0.6) is 0 Å². The molecule has 1 heterocycles. The number of hydrogen-bond acceptors (Lipinski definition) is 4. The van der Waals surface area contributed by atoms with E-state index in [4.69, 9.17) is 34.8 Å². The van der Waals surface area contributed by atoms with E-state index in [-0.39, 0.29) is 40.6 Å². The van der Waals surface area contributed by atoms with Crippen LogP contribution in [0.4, 0.5) is 4.79 Å². The van der Waals surface area contributed by atoms with Crippen molar-refractivity contribution in [3.05, 3.63) is 103 Å². The zero-order valence-electron chi connectivity index (χ0n) is 22.5. The molecule has 2 aliphatic rings. The normalized spacial score (nSPS) is 16.3. The first kappa shape index (κ1) is 29.9. The van der Waals surface area contributed by atoms with Crippen LogP contribution in [0.25, 0.3) is 0 Å². The van der Waals surface area contributed by atoms with E-state index in [1.54, 1.807) is 35.2 Å². The molecule has 5 rings (SSSR count). The molecule has 0 unspecified atom stereocenters. The fourth-order valence-electron chi connectivity index (χ4n) is 5.59. The number of carbonyl (C=O) groups is 4. The molecule has 0 saturated carbocycles. The predicted octanol–water partition coefficient (Wildman–Crippen LogP) is 6.11. The van der Waals surface area contributed by atoms with E-state index in [1.165, 1.54) is 5.56 Å². The molecule has 2 atom stereocenters. The average molecular weight is 629 g/mol. The third kappa shape index (κ3) is 6.41. The van der Waals surface area contributed by atoms with Gasteiger partial charge in [-0.05, 0) is 65.8 Å². The van der Waals surface area contributed by atoms with E-state index >= 15 is 0 Å². The van der Waals surface area contributed by atoms with Crippen LogP contribution < -0.4 is 10.6 Å². The van der Waals surface area contributed by atoms with Gasteiger partial charge in [0.25, 0.3) is 5.91 Å². The Labute approximate surface area is 257 Å². The van der Waals surface area contributed by atoms with Gasteiger partial charge >= 0.3 is 12.0 Å². The van der Waals surface area contributed by atoms with Gasteiger partial charge in [0.2, 0.25) is 0 Å². The summed E-state index contributed by atoms with van der Waals surface area (Å²) < 4.78 is 0. The van der Waals surface area contributed by atoms with Gasteiger partial charge < -0.3 is 20.6 Å². The summed E-state index contributed by atoms with van der Waals surface area (Å²) in [5.74, 6) is -3.14. The van der Waals surface area contributed by atoms with Crippen LogP contribution in [0.3, 0.4) is 0 Å². The number of ketones is 1. The maximum atomic E-state index is 13.3. The van der Waals surface area contributed by atoms with E-state index < -0.39 is 30.1 Å². The molecule has 1 aliphatic heterocycles. The first-order chi connectivity index (χ1) is 20.1. The monoisotopic (exact) mass is 627 g/mol. The lowest BCUT2D eigenvalue weighted by atomic mass is 9.92. The lowest BCUT2D eigenvalue weighted by Crippen LogP contribution is -2.41. The summed E-state index contributed by atoms with van der Waals surface area (Å²) in [4.78, 5) is 52.5. The zero-order valence-corrected chi connectivity index (χ0v) is 24.7. The second-order valence-corrected chi connectivity index (χ2v) is 11.7. The van der Waals surface area contributed by atoms with E-state index in [0.29, 0.717) is 34.7 Å². The van der Waals surface area contributed by atoms with E-state index in [2.05, 4.69) is 10.6 Å².